The van der Waals surface area contributed by atoms with Crippen LogP contribution in [0, 0.1) is 30.9 Å². The van der Waals surface area contributed by atoms with E-state index in [1.165, 1.54) is 17.0 Å². The Morgan fingerprint density at radius 1 is 0.909 bits per heavy atom. The van der Waals surface area contributed by atoms with Crippen LogP contribution in [0.25, 0.3) is 11.0 Å². The van der Waals surface area contributed by atoms with Gasteiger partial charge in [0.1, 0.15) is 5.58 Å². The molecule has 1 aromatic heterocycles. The molecule has 3 aromatic carbocycles. The third-order valence-electron chi connectivity index (χ3n) is 6.22. The Morgan fingerprint density at radius 2 is 1.55 bits per heavy atom. The smallest absolute Gasteiger partial charge is 0.295 e. The molecule has 4 aromatic rings. The Morgan fingerprint density at radius 3 is 2.18 bits per heavy atom. The second-order valence-electron chi connectivity index (χ2n) is 8.37. The van der Waals surface area contributed by atoms with Crippen LogP contribution in [0.3, 0.4) is 0 Å². The molecule has 164 valence electrons. The van der Waals surface area contributed by atoms with Crippen molar-refractivity contribution in [2.45, 2.75) is 26.8 Å². The van der Waals surface area contributed by atoms with E-state index >= 15 is 0 Å². The van der Waals surface area contributed by atoms with E-state index in [9.17, 15) is 19.7 Å². The van der Waals surface area contributed by atoms with E-state index in [0.29, 0.717) is 22.2 Å². The summed E-state index contributed by atoms with van der Waals surface area (Å²) >= 11 is 0. The molecule has 0 spiro atoms. The highest BCUT2D eigenvalue weighted by molar-refractivity contribution is 6.10. The number of carbonyl (C=O) groups is 1. The number of rotatable bonds is 3. The molecule has 1 aliphatic heterocycles. The zero-order valence-electron chi connectivity index (χ0n) is 18.3. The van der Waals surface area contributed by atoms with Crippen LogP contribution in [0.4, 0.5) is 11.4 Å². The van der Waals surface area contributed by atoms with E-state index in [1.807, 2.05) is 45.0 Å². The van der Waals surface area contributed by atoms with Gasteiger partial charge in [-0.25, -0.2) is 0 Å². The van der Waals surface area contributed by atoms with Gasteiger partial charge in [-0.2, -0.15) is 0 Å². The van der Waals surface area contributed by atoms with Crippen LogP contribution < -0.4 is 10.3 Å². The van der Waals surface area contributed by atoms with Gasteiger partial charge >= 0.3 is 0 Å². The minimum Gasteiger partial charge on any atom is -0.450 e. The summed E-state index contributed by atoms with van der Waals surface area (Å²) in [6.07, 6.45) is 0. The summed E-state index contributed by atoms with van der Waals surface area (Å²) in [5.74, 6) is -0.422. The highest BCUT2D eigenvalue weighted by Crippen LogP contribution is 2.41. The first-order chi connectivity index (χ1) is 15.8. The standard InChI is InChI=1S/C26H20N2O5/c1-14-4-8-18(9-5-14)27-23(17-6-10-19(11-7-17)28(31)32)22-24(29)20-12-15(2)16(3)13-21(20)33-25(22)26(27)30/h4-13,23H,1-3H3. The molecular formula is C26H20N2O5. The molecule has 0 saturated heterocycles. The van der Waals surface area contributed by atoms with Gasteiger partial charge in [-0.3, -0.25) is 24.6 Å². The van der Waals surface area contributed by atoms with Gasteiger partial charge < -0.3 is 4.42 Å². The van der Waals surface area contributed by atoms with Crippen molar-refractivity contribution in [2.24, 2.45) is 0 Å². The number of hydrogen-bond acceptors (Lipinski definition) is 5. The molecule has 7 heteroatoms. The lowest BCUT2D eigenvalue weighted by molar-refractivity contribution is -0.384. The average molecular weight is 440 g/mol. The van der Waals surface area contributed by atoms with Crippen molar-refractivity contribution < 1.29 is 14.1 Å². The average Bonchev–Trinajstić information content (AvgIpc) is 3.08. The Labute approximate surface area is 189 Å². The van der Waals surface area contributed by atoms with E-state index < -0.39 is 16.9 Å². The van der Waals surface area contributed by atoms with E-state index in [1.54, 1.807) is 24.3 Å². The van der Waals surface area contributed by atoms with Crippen LogP contribution in [0.5, 0.6) is 0 Å². The van der Waals surface area contributed by atoms with Crippen LogP contribution in [0.2, 0.25) is 0 Å². The van der Waals surface area contributed by atoms with Crippen LogP contribution in [-0.2, 0) is 0 Å². The first-order valence-electron chi connectivity index (χ1n) is 10.5. The number of hydrogen-bond donors (Lipinski definition) is 0. The van der Waals surface area contributed by atoms with Crippen molar-refractivity contribution in [3.63, 3.8) is 0 Å². The molecule has 0 radical (unpaired) electrons. The summed E-state index contributed by atoms with van der Waals surface area (Å²) in [4.78, 5) is 39.4. The fraction of sp³-hybridized carbons (Fsp3) is 0.154. The van der Waals surface area contributed by atoms with Gasteiger partial charge in [-0.1, -0.05) is 17.7 Å². The van der Waals surface area contributed by atoms with Crippen molar-refractivity contribution in [3.05, 3.63) is 115 Å². The monoisotopic (exact) mass is 440 g/mol. The van der Waals surface area contributed by atoms with E-state index in [-0.39, 0.29) is 22.4 Å². The molecule has 1 aliphatic rings. The lowest BCUT2D eigenvalue weighted by Crippen LogP contribution is -2.29. The molecule has 2 heterocycles. The number of amides is 1. The molecule has 5 rings (SSSR count). The Bertz CT molecular complexity index is 1500. The molecule has 33 heavy (non-hydrogen) atoms. The molecule has 7 nitrogen and oxygen atoms in total. The number of nitro groups is 1. The van der Waals surface area contributed by atoms with E-state index in [2.05, 4.69) is 0 Å². The van der Waals surface area contributed by atoms with Gasteiger partial charge in [0.15, 0.2) is 5.43 Å². The van der Waals surface area contributed by atoms with Gasteiger partial charge in [-0.15, -0.1) is 0 Å². The quantitative estimate of drug-likeness (QED) is 0.315. The summed E-state index contributed by atoms with van der Waals surface area (Å²) < 4.78 is 6.02. The largest absolute Gasteiger partial charge is 0.450 e. The van der Waals surface area contributed by atoms with Crippen molar-refractivity contribution in [1.82, 2.24) is 0 Å². The van der Waals surface area contributed by atoms with Crippen LogP contribution in [0.1, 0.15) is 44.4 Å². The van der Waals surface area contributed by atoms with Gasteiger partial charge in [-0.05, 0) is 73.9 Å². The highest BCUT2D eigenvalue weighted by Gasteiger charge is 2.43. The highest BCUT2D eigenvalue weighted by atomic mass is 16.6. The van der Waals surface area contributed by atoms with Gasteiger partial charge in [0.25, 0.3) is 11.6 Å². The molecular weight excluding hydrogens is 420 g/mol. The second-order valence-corrected chi connectivity index (χ2v) is 8.37. The zero-order valence-corrected chi connectivity index (χ0v) is 18.3. The Balaban J connectivity index is 1.79. The predicted molar refractivity (Wildman–Crippen MR) is 125 cm³/mol. The summed E-state index contributed by atoms with van der Waals surface area (Å²) in [6.45, 7) is 5.78. The molecule has 1 unspecified atom stereocenters. The Hall–Kier alpha value is -4.26. The lowest BCUT2D eigenvalue weighted by atomic mass is 9.97. The van der Waals surface area contributed by atoms with Gasteiger partial charge in [0.05, 0.1) is 21.9 Å². The molecule has 1 amide bonds. The maximum Gasteiger partial charge on any atom is 0.295 e. The third kappa shape index (κ3) is 3.20. The number of aryl methyl sites for hydroxylation is 3. The number of non-ortho nitro benzene ring substituents is 1. The minimum atomic E-state index is -0.765. The molecule has 0 bridgehead atoms. The van der Waals surface area contributed by atoms with Crippen molar-refractivity contribution in [1.29, 1.82) is 0 Å². The van der Waals surface area contributed by atoms with Gasteiger partial charge in [0.2, 0.25) is 5.76 Å². The number of nitro benzene ring substituents is 1. The van der Waals surface area contributed by atoms with Crippen LogP contribution >= 0.6 is 0 Å². The maximum absolute atomic E-state index is 13.7. The van der Waals surface area contributed by atoms with Crippen molar-refractivity contribution in [3.8, 4) is 0 Å². The molecule has 0 fully saturated rings. The minimum absolute atomic E-state index is 0.000296. The molecule has 1 atom stereocenters. The molecule has 0 saturated carbocycles. The summed E-state index contributed by atoms with van der Waals surface area (Å²) in [5.41, 5.74) is 4.39. The number of benzene rings is 3. The van der Waals surface area contributed by atoms with Crippen LogP contribution in [-0.4, -0.2) is 10.8 Å². The van der Waals surface area contributed by atoms with Crippen molar-refractivity contribution >= 4 is 28.3 Å². The fourth-order valence-corrected chi connectivity index (χ4v) is 4.29. The Kier molecular flexibility index (Phi) is 4.63. The van der Waals surface area contributed by atoms with Crippen molar-refractivity contribution in [2.75, 3.05) is 4.90 Å². The number of anilines is 1. The molecule has 0 N–H and O–H groups in total. The fourth-order valence-electron chi connectivity index (χ4n) is 4.29. The topological polar surface area (TPSA) is 93.7 Å². The normalized spacial score (nSPS) is 15.2. The SMILES string of the molecule is Cc1ccc(N2C(=O)c3oc4cc(C)c(C)cc4c(=O)c3C2c2ccc([N+](=O)[O-])cc2)cc1. The molecule has 0 aliphatic carbocycles. The van der Waals surface area contributed by atoms with Gasteiger partial charge in [0, 0.05) is 17.8 Å². The number of fused-ring (bicyclic) bond motifs is 2. The lowest BCUT2D eigenvalue weighted by Gasteiger charge is -2.25. The van der Waals surface area contributed by atoms with Crippen LogP contribution in [0.15, 0.2) is 69.9 Å². The maximum atomic E-state index is 13.7. The summed E-state index contributed by atoms with van der Waals surface area (Å²) in [5, 5.41) is 11.5. The van der Waals surface area contributed by atoms with E-state index in [0.717, 1.165) is 16.7 Å². The number of carbonyl (C=O) groups excluding carboxylic acids is 1. The predicted octanol–water partition coefficient (Wildman–Crippen LogP) is 5.38. The third-order valence-corrected chi connectivity index (χ3v) is 6.22. The van der Waals surface area contributed by atoms with E-state index in [4.69, 9.17) is 4.42 Å². The summed E-state index contributed by atoms with van der Waals surface area (Å²) in [6, 6.07) is 16.1. The summed E-state index contributed by atoms with van der Waals surface area (Å²) in [7, 11) is 0. The number of nitrogens with zero attached hydrogens (tertiary/aromatic N) is 2. The first-order valence-corrected chi connectivity index (χ1v) is 10.5. The first kappa shape index (κ1) is 20.6. The zero-order chi connectivity index (χ0) is 23.4. The second kappa shape index (κ2) is 7.41.